The number of furan rings is 1. The molecular weight excluding hydrogens is 370 g/mol. The van der Waals surface area contributed by atoms with Crippen LogP contribution in [0.4, 0.5) is 5.69 Å². The lowest BCUT2D eigenvalue weighted by molar-refractivity contribution is -0.384. The Bertz CT molecular complexity index is 839. The number of aliphatic hydroxyl groups is 2. The van der Waals surface area contributed by atoms with Crippen LogP contribution in [0.3, 0.4) is 0 Å². The molecule has 2 rings (SSSR count). The molecule has 2 amide bonds. The second-order valence-electron chi connectivity index (χ2n) is 5.58. The molecule has 1 aromatic carbocycles. The molecule has 0 aliphatic carbocycles. The Kier molecular flexibility index (Phi) is 7.43. The Morgan fingerprint density at radius 1 is 1.14 bits per heavy atom. The molecule has 28 heavy (non-hydrogen) atoms. The zero-order valence-electron chi connectivity index (χ0n) is 14.8. The predicted octanol–water partition coefficient (Wildman–Crippen LogP) is 0.772. The highest BCUT2D eigenvalue weighted by molar-refractivity contribution is 6.04. The molecule has 2 aromatic rings. The van der Waals surface area contributed by atoms with Crippen molar-refractivity contribution >= 4 is 23.6 Å². The molecule has 0 fully saturated rings. The van der Waals surface area contributed by atoms with Gasteiger partial charge in [0.25, 0.3) is 17.5 Å². The maximum Gasteiger partial charge on any atom is 0.291 e. The van der Waals surface area contributed by atoms with Gasteiger partial charge in [-0.25, -0.2) is 0 Å². The Balaban J connectivity index is 2.34. The minimum Gasteiger partial charge on any atom is -0.459 e. The Hall–Kier alpha value is -3.50. The van der Waals surface area contributed by atoms with Gasteiger partial charge in [0.1, 0.15) is 5.70 Å². The first-order chi connectivity index (χ1) is 13.5. The molecule has 0 aliphatic rings. The fourth-order valence-electron chi connectivity index (χ4n) is 2.33. The first kappa shape index (κ1) is 20.8. The van der Waals surface area contributed by atoms with Crippen LogP contribution in [-0.4, -0.2) is 58.2 Å². The van der Waals surface area contributed by atoms with E-state index < -0.39 is 16.7 Å². The summed E-state index contributed by atoms with van der Waals surface area (Å²) < 4.78 is 5.00. The smallest absolute Gasteiger partial charge is 0.291 e. The minimum absolute atomic E-state index is 0.0155. The summed E-state index contributed by atoms with van der Waals surface area (Å²) in [5.41, 5.74) is 0.172. The quantitative estimate of drug-likeness (QED) is 0.326. The van der Waals surface area contributed by atoms with E-state index in [2.05, 4.69) is 5.32 Å². The van der Waals surface area contributed by atoms with Gasteiger partial charge in [-0.05, 0) is 35.9 Å². The van der Waals surface area contributed by atoms with Crippen LogP contribution in [0.15, 0.2) is 52.8 Å². The van der Waals surface area contributed by atoms with Gasteiger partial charge in [0.05, 0.1) is 24.4 Å². The first-order valence-corrected chi connectivity index (χ1v) is 8.28. The molecule has 0 saturated heterocycles. The topological polar surface area (TPSA) is 146 Å². The normalized spacial score (nSPS) is 11.1. The van der Waals surface area contributed by atoms with Crippen LogP contribution in [0.5, 0.6) is 0 Å². The van der Waals surface area contributed by atoms with Crippen molar-refractivity contribution in [2.75, 3.05) is 26.3 Å². The van der Waals surface area contributed by atoms with Crippen molar-refractivity contribution in [1.82, 2.24) is 10.2 Å². The van der Waals surface area contributed by atoms with Gasteiger partial charge in [-0.1, -0.05) is 0 Å². The van der Waals surface area contributed by atoms with Crippen molar-refractivity contribution in [1.29, 1.82) is 0 Å². The Morgan fingerprint density at radius 3 is 2.29 bits per heavy atom. The van der Waals surface area contributed by atoms with Crippen molar-refractivity contribution in [3.05, 3.63) is 69.8 Å². The number of nitro benzene ring substituents is 1. The third-order valence-electron chi connectivity index (χ3n) is 3.67. The summed E-state index contributed by atoms with van der Waals surface area (Å²) in [5.74, 6) is -1.32. The number of carbonyl (C=O) groups is 2. The molecule has 0 bridgehead atoms. The number of nitrogens with one attached hydrogen (secondary N) is 1. The summed E-state index contributed by atoms with van der Waals surface area (Å²) in [6.07, 6.45) is 2.65. The van der Waals surface area contributed by atoms with Crippen molar-refractivity contribution in [2.24, 2.45) is 0 Å². The molecule has 10 heteroatoms. The highest BCUT2D eigenvalue weighted by Crippen LogP contribution is 2.15. The summed E-state index contributed by atoms with van der Waals surface area (Å²) in [4.78, 5) is 36.5. The number of nitro groups is 1. The summed E-state index contributed by atoms with van der Waals surface area (Å²) in [6.45, 7) is -0.757. The van der Waals surface area contributed by atoms with Crippen LogP contribution < -0.4 is 5.32 Å². The average molecular weight is 389 g/mol. The third kappa shape index (κ3) is 5.50. The van der Waals surface area contributed by atoms with E-state index in [9.17, 15) is 19.7 Å². The molecule has 0 aliphatic heterocycles. The highest BCUT2D eigenvalue weighted by atomic mass is 16.6. The number of non-ortho nitro benzene ring substituents is 1. The lowest BCUT2D eigenvalue weighted by atomic mass is 10.1. The number of aliphatic hydroxyl groups excluding tert-OH is 2. The van der Waals surface area contributed by atoms with Crippen LogP contribution in [0.1, 0.15) is 16.1 Å². The second kappa shape index (κ2) is 10.00. The maximum atomic E-state index is 12.8. The summed E-state index contributed by atoms with van der Waals surface area (Å²) in [5, 5.41) is 31.5. The van der Waals surface area contributed by atoms with Gasteiger partial charge in [0, 0.05) is 25.2 Å². The van der Waals surface area contributed by atoms with Crippen molar-refractivity contribution in [3.8, 4) is 0 Å². The molecule has 0 atom stereocenters. The molecule has 0 spiro atoms. The molecule has 0 unspecified atom stereocenters. The van der Waals surface area contributed by atoms with E-state index in [1.807, 2.05) is 0 Å². The van der Waals surface area contributed by atoms with Crippen LogP contribution in [0.25, 0.3) is 6.08 Å². The molecule has 10 nitrogen and oxygen atoms in total. The van der Waals surface area contributed by atoms with E-state index in [4.69, 9.17) is 14.6 Å². The van der Waals surface area contributed by atoms with Gasteiger partial charge in [-0.3, -0.25) is 19.7 Å². The minimum atomic E-state index is -0.667. The molecule has 1 heterocycles. The van der Waals surface area contributed by atoms with Gasteiger partial charge in [0.2, 0.25) is 0 Å². The lowest BCUT2D eigenvalue weighted by Crippen LogP contribution is -2.41. The number of amides is 2. The molecule has 3 N–H and O–H groups in total. The third-order valence-corrected chi connectivity index (χ3v) is 3.67. The van der Waals surface area contributed by atoms with E-state index >= 15 is 0 Å². The maximum absolute atomic E-state index is 12.8. The molecule has 1 aromatic heterocycles. The standard InChI is InChI=1S/C18H19N3O7/c22-9-7-20(8-10-23)18(25)15(19-17(24)16-2-1-11-28-16)12-13-3-5-14(6-4-13)21(26)27/h1-6,11-12,22-23H,7-10H2,(H,19,24). The molecular formula is C18H19N3O7. The van der Waals surface area contributed by atoms with Crippen LogP contribution in [0, 0.1) is 10.1 Å². The number of hydrogen-bond acceptors (Lipinski definition) is 7. The van der Waals surface area contributed by atoms with Gasteiger partial charge in [-0.15, -0.1) is 0 Å². The van der Waals surface area contributed by atoms with E-state index in [0.717, 1.165) is 0 Å². The van der Waals surface area contributed by atoms with E-state index in [-0.39, 0.29) is 43.4 Å². The zero-order valence-corrected chi connectivity index (χ0v) is 14.8. The number of nitrogens with zero attached hydrogens (tertiary/aromatic N) is 2. The number of benzene rings is 1. The second-order valence-corrected chi connectivity index (χ2v) is 5.58. The molecule has 148 valence electrons. The zero-order chi connectivity index (χ0) is 20.5. The van der Waals surface area contributed by atoms with Crippen molar-refractivity contribution in [3.63, 3.8) is 0 Å². The van der Waals surface area contributed by atoms with Gasteiger partial charge < -0.3 is 24.8 Å². The number of rotatable bonds is 9. The summed E-state index contributed by atoms with van der Waals surface area (Å²) in [7, 11) is 0. The largest absolute Gasteiger partial charge is 0.459 e. The van der Waals surface area contributed by atoms with E-state index in [1.54, 1.807) is 0 Å². The van der Waals surface area contributed by atoms with E-state index in [1.165, 1.54) is 53.6 Å². The van der Waals surface area contributed by atoms with E-state index in [0.29, 0.717) is 5.56 Å². The summed E-state index contributed by atoms with van der Waals surface area (Å²) in [6, 6.07) is 8.31. The van der Waals surface area contributed by atoms with Crippen molar-refractivity contribution in [2.45, 2.75) is 0 Å². The molecule has 0 saturated carbocycles. The summed E-state index contributed by atoms with van der Waals surface area (Å²) >= 11 is 0. The monoisotopic (exact) mass is 389 g/mol. The van der Waals surface area contributed by atoms with Gasteiger partial charge in [-0.2, -0.15) is 0 Å². The highest BCUT2D eigenvalue weighted by Gasteiger charge is 2.21. The van der Waals surface area contributed by atoms with Crippen LogP contribution >= 0.6 is 0 Å². The Morgan fingerprint density at radius 2 is 1.79 bits per heavy atom. The van der Waals surface area contributed by atoms with Crippen molar-refractivity contribution < 1.29 is 29.1 Å². The van der Waals surface area contributed by atoms with Gasteiger partial charge in [0.15, 0.2) is 5.76 Å². The van der Waals surface area contributed by atoms with Crippen LogP contribution in [-0.2, 0) is 4.79 Å². The lowest BCUT2D eigenvalue weighted by Gasteiger charge is -2.22. The fourth-order valence-corrected chi connectivity index (χ4v) is 2.33. The SMILES string of the molecule is O=C(NC(=Cc1ccc([N+](=O)[O-])cc1)C(=O)N(CCO)CCO)c1ccco1. The predicted molar refractivity (Wildman–Crippen MR) is 98.0 cm³/mol. The number of carbonyl (C=O) groups excluding carboxylic acids is 2. The first-order valence-electron chi connectivity index (χ1n) is 8.28. The molecule has 0 radical (unpaired) electrons. The van der Waals surface area contributed by atoms with Gasteiger partial charge >= 0.3 is 0 Å². The van der Waals surface area contributed by atoms with Crippen LogP contribution in [0.2, 0.25) is 0 Å². The average Bonchev–Trinajstić information content (AvgIpc) is 3.22. The fraction of sp³-hybridized carbons (Fsp3) is 0.222. The Labute approximate surface area is 159 Å². The number of hydrogen-bond donors (Lipinski definition) is 3.